The van der Waals surface area contributed by atoms with E-state index in [4.69, 9.17) is 9.47 Å². The Balaban J connectivity index is 0.00000225. The summed E-state index contributed by atoms with van der Waals surface area (Å²) in [5.41, 5.74) is 1.08. The summed E-state index contributed by atoms with van der Waals surface area (Å²) in [5.74, 6) is 1.71. The Morgan fingerprint density at radius 1 is 1.31 bits per heavy atom. The molecule has 90 valence electrons. The van der Waals surface area contributed by atoms with E-state index in [1.54, 1.807) is 14.2 Å². The summed E-state index contributed by atoms with van der Waals surface area (Å²) in [7, 11) is 3.32. The number of nitrogens with one attached hydrogen (secondary N) is 1. The van der Waals surface area contributed by atoms with E-state index in [0.717, 1.165) is 30.2 Å². The van der Waals surface area contributed by atoms with E-state index in [2.05, 4.69) is 11.9 Å². The van der Waals surface area contributed by atoms with E-state index in [1.807, 2.05) is 24.3 Å². The second-order valence-corrected chi connectivity index (χ2v) is 3.10. The van der Waals surface area contributed by atoms with Crippen molar-refractivity contribution in [2.75, 3.05) is 20.8 Å². The average Bonchev–Trinajstić information content (AvgIpc) is 2.29. The molecule has 0 aliphatic rings. The Labute approximate surface area is 103 Å². The first kappa shape index (κ1) is 14.8. The maximum Gasteiger partial charge on any atom is 0.123 e. The molecule has 0 saturated heterocycles. The first-order chi connectivity index (χ1) is 7.31. The molecule has 0 saturated carbocycles. The summed E-state index contributed by atoms with van der Waals surface area (Å²) in [6, 6.07) is 5.76. The molecule has 1 aromatic carbocycles. The Hall–Kier alpha value is -1.19. The number of benzene rings is 1. The highest BCUT2D eigenvalue weighted by molar-refractivity contribution is 5.85. The zero-order valence-corrected chi connectivity index (χ0v) is 10.5. The van der Waals surface area contributed by atoms with Crippen LogP contribution in [0.2, 0.25) is 0 Å². The van der Waals surface area contributed by atoms with Gasteiger partial charge >= 0.3 is 0 Å². The molecule has 1 N–H and O–H groups in total. The minimum Gasteiger partial charge on any atom is -0.497 e. The minimum atomic E-state index is 0. The molecule has 0 radical (unpaired) electrons. The van der Waals surface area contributed by atoms with Gasteiger partial charge in [0.15, 0.2) is 0 Å². The molecule has 0 aliphatic carbocycles. The minimum absolute atomic E-state index is 0. The van der Waals surface area contributed by atoms with Crippen molar-refractivity contribution in [1.29, 1.82) is 0 Å². The molecule has 0 unspecified atom stereocenters. The van der Waals surface area contributed by atoms with Crippen molar-refractivity contribution in [2.45, 2.75) is 6.54 Å². The van der Waals surface area contributed by atoms with Crippen molar-refractivity contribution < 1.29 is 9.47 Å². The molecule has 0 heterocycles. The fraction of sp³-hybridized carbons (Fsp3) is 0.333. The van der Waals surface area contributed by atoms with E-state index in [-0.39, 0.29) is 12.4 Å². The SMILES string of the molecule is C=CCNCc1cc(OC)ccc1OC.Cl. The summed E-state index contributed by atoms with van der Waals surface area (Å²) < 4.78 is 10.4. The van der Waals surface area contributed by atoms with Gasteiger partial charge in [0.1, 0.15) is 11.5 Å². The monoisotopic (exact) mass is 243 g/mol. The Morgan fingerprint density at radius 2 is 2.06 bits per heavy atom. The van der Waals surface area contributed by atoms with E-state index in [9.17, 15) is 0 Å². The third-order valence-electron chi connectivity index (χ3n) is 2.09. The predicted octanol–water partition coefficient (Wildman–Crippen LogP) is 2.40. The van der Waals surface area contributed by atoms with E-state index in [1.165, 1.54) is 0 Å². The van der Waals surface area contributed by atoms with Gasteiger partial charge in [-0.15, -0.1) is 19.0 Å². The van der Waals surface area contributed by atoms with E-state index in [0.29, 0.717) is 0 Å². The molecule has 0 spiro atoms. The lowest BCUT2D eigenvalue weighted by Gasteiger charge is -2.10. The van der Waals surface area contributed by atoms with Gasteiger partial charge < -0.3 is 14.8 Å². The van der Waals surface area contributed by atoms with Crippen LogP contribution < -0.4 is 14.8 Å². The van der Waals surface area contributed by atoms with Crippen LogP contribution in [-0.2, 0) is 6.54 Å². The predicted molar refractivity (Wildman–Crippen MR) is 68.7 cm³/mol. The highest BCUT2D eigenvalue weighted by Gasteiger charge is 2.03. The summed E-state index contributed by atoms with van der Waals surface area (Å²) in [5, 5.41) is 3.22. The van der Waals surface area contributed by atoms with Gasteiger partial charge in [0.2, 0.25) is 0 Å². The number of ether oxygens (including phenoxy) is 2. The molecule has 1 aromatic rings. The molecule has 0 atom stereocenters. The maximum absolute atomic E-state index is 5.25. The standard InChI is InChI=1S/C12H17NO2.ClH/c1-4-7-13-9-10-8-11(14-2)5-6-12(10)15-3;/h4-6,8,13H,1,7,9H2,2-3H3;1H. The number of halogens is 1. The second-order valence-electron chi connectivity index (χ2n) is 3.10. The molecule has 0 bridgehead atoms. The van der Waals surface area contributed by atoms with Crippen LogP contribution in [-0.4, -0.2) is 20.8 Å². The van der Waals surface area contributed by atoms with Gasteiger partial charge in [0.05, 0.1) is 14.2 Å². The summed E-state index contributed by atoms with van der Waals surface area (Å²) in [4.78, 5) is 0. The largest absolute Gasteiger partial charge is 0.497 e. The average molecular weight is 244 g/mol. The van der Waals surface area contributed by atoms with Crippen LogP contribution in [0.5, 0.6) is 11.5 Å². The van der Waals surface area contributed by atoms with Crippen molar-refractivity contribution >= 4 is 12.4 Å². The van der Waals surface area contributed by atoms with Gasteiger partial charge in [0, 0.05) is 18.7 Å². The first-order valence-electron chi connectivity index (χ1n) is 4.84. The molecule has 4 heteroatoms. The molecule has 0 aliphatic heterocycles. The lowest BCUT2D eigenvalue weighted by molar-refractivity contribution is 0.397. The molecular formula is C12H18ClNO2. The number of hydrogen-bond donors (Lipinski definition) is 1. The molecule has 0 aromatic heterocycles. The maximum atomic E-state index is 5.25. The van der Waals surface area contributed by atoms with Gasteiger partial charge in [-0.25, -0.2) is 0 Å². The number of rotatable bonds is 6. The Kier molecular flexibility index (Phi) is 7.42. The lowest BCUT2D eigenvalue weighted by Crippen LogP contribution is -2.13. The molecule has 0 amide bonds. The Bertz CT molecular complexity index is 329. The van der Waals surface area contributed by atoms with Crippen LogP contribution in [0.1, 0.15) is 5.56 Å². The highest BCUT2D eigenvalue weighted by Crippen LogP contribution is 2.23. The van der Waals surface area contributed by atoms with Crippen molar-refractivity contribution in [3.63, 3.8) is 0 Å². The molecule has 16 heavy (non-hydrogen) atoms. The van der Waals surface area contributed by atoms with E-state index < -0.39 is 0 Å². The molecule has 3 nitrogen and oxygen atoms in total. The third kappa shape index (κ3) is 4.13. The summed E-state index contributed by atoms with van der Waals surface area (Å²) in [6.45, 7) is 5.17. The summed E-state index contributed by atoms with van der Waals surface area (Å²) in [6.07, 6.45) is 1.83. The van der Waals surface area contributed by atoms with Crippen molar-refractivity contribution in [3.05, 3.63) is 36.4 Å². The lowest BCUT2D eigenvalue weighted by atomic mass is 10.2. The second kappa shape index (κ2) is 8.02. The Morgan fingerprint density at radius 3 is 2.62 bits per heavy atom. The fourth-order valence-electron chi connectivity index (χ4n) is 1.33. The first-order valence-corrected chi connectivity index (χ1v) is 4.84. The van der Waals surface area contributed by atoms with Gasteiger partial charge in [-0.3, -0.25) is 0 Å². The van der Waals surface area contributed by atoms with Crippen LogP contribution in [0, 0.1) is 0 Å². The third-order valence-corrected chi connectivity index (χ3v) is 2.09. The van der Waals surface area contributed by atoms with Crippen molar-refractivity contribution in [2.24, 2.45) is 0 Å². The van der Waals surface area contributed by atoms with E-state index >= 15 is 0 Å². The topological polar surface area (TPSA) is 30.5 Å². The van der Waals surface area contributed by atoms with Crippen molar-refractivity contribution in [3.8, 4) is 11.5 Å². The van der Waals surface area contributed by atoms with Crippen LogP contribution in [0.25, 0.3) is 0 Å². The van der Waals surface area contributed by atoms with Gasteiger partial charge in [-0.2, -0.15) is 0 Å². The van der Waals surface area contributed by atoms with Crippen LogP contribution in [0.4, 0.5) is 0 Å². The zero-order chi connectivity index (χ0) is 11.1. The van der Waals surface area contributed by atoms with Gasteiger partial charge in [0.25, 0.3) is 0 Å². The smallest absolute Gasteiger partial charge is 0.123 e. The van der Waals surface area contributed by atoms with Crippen molar-refractivity contribution in [1.82, 2.24) is 5.32 Å². The zero-order valence-electron chi connectivity index (χ0n) is 9.66. The summed E-state index contributed by atoms with van der Waals surface area (Å²) >= 11 is 0. The molecule has 1 rings (SSSR count). The van der Waals surface area contributed by atoms with Gasteiger partial charge in [-0.1, -0.05) is 6.08 Å². The quantitative estimate of drug-likeness (QED) is 0.615. The van der Waals surface area contributed by atoms with Crippen LogP contribution in [0.3, 0.4) is 0 Å². The highest BCUT2D eigenvalue weighted by atomic mass is 35.5. The normalized spacial score (nSPS) is 9.12. The molecule has 0 fully saturated rings. The van der Waals surface area contributed by atoms with Crippen LogP contribution in [0.15, 0.2) is 30.9 Å². The fourth-order valence-corrected chi connectivity index (χ4v) is 1.33. The van der Waals surface area contributed by atoms with Crippen LogP contribution >= 0.6 is 12.4 Å². The number of hydrogen-bond acceptors (Lipinski definition) is 3. The number of methoxy groups -OCH3 is 2. The molecular weight excluding hydrogens is 226 g/mol. The van der Waals surface area contributed by atoms with Gasteiger partial charge in [-0.05, 0) is 18.2 Å².